The fourth-order valence-corrected chi connectivity index (χ4v) is 4.20. The van der Waals surface area contributed by atoms with Crippen LogP contribution in [0.25, 0.3) is 0 Å². The second-order valence-electron chi connectivity index (χ2n) is 6.50. The molecule has 1 aliphatic rings. The Hall–Kier alpha value is -0.870. The van der Waals surface area contributed by atoms with Crippen LogP contribution in [-0.2, 0) is 4.79 Å². The van der Waals surface area contributed by atoms with Crippen LogP contribution in [0.15, 0.2) is 17.5 Å². The Morgan fingerprint density at radius 1 is 1.38 bits per heavy atom. The van der Waals surface area contributed by atoms with Gasteiger partial charge in [0.15, 0.2) is 0 Å². The second kappa shape index (κ2) is 7.95. The molecule has 2 N–H and O–H groups in total. The summed E-state index contributed by atoms with van der Waals surface area (Å²) in [5.41, 5.74) is 0. The lowest BCUT2D eigenvalue weighted by molar-refractivity contribution is -0.123. The number of thiophene rings is 1. The highest BCUT2D eigenvalue weighted by atomic mass is 32.1. The zero-order valence-electron chi connectivity index (χ0n) is 13.4. The summed E-state index contributed by atoms with van der Waals surface area (Å²) < 4.78 is 0. The number of carbonyl (C=O) groups is 1. The minimum atomic E-state index is -0.0947. The standard InChI is InChI=1S/C17H28N2OS/c1-12(2)11-14(17(20)18-3)19-16(13-7-4-5-8-13)15-9-6-10-21-15/h6,9-10,12-14,16,19H,4-5,7-8,11H2,1-3H3,(H,18,20). The molecule has 2 atom stereocenters. The van der Waals surface area contributed by atoms with Gasteiger partial charge in [-0.3, -0.25) is 10.1 Å². The summed E-state index contributed by atoms with van der Waals surface area (Å²) in [4.78, 5) is 13.6. The van der Waals surface area contributed by atoms with Crippen molar-refractivity contribution in [2.45, 2.75) is 58.0 Å². The van der Waals surface area contributed by atoms with Gasteiger partial charge in [-0.25, -0.2) is 0 Å². The maximum Gasteiger partial charge on any atom is 0.236 e. The molecule has 0 aliphatic heterocycles. The molecule has 0 spiro atoms. The number of rotatable bonds is 7. The van der Waals surface area contributed by atoms with E-state index >= 15 is 0 Å². The van der Waals surface area contributed by atoms with E-state index in [-0.39, 0.29) is 11.9 Å². The monoisotopic (exact) mass is 308 g/mol. The van der Waals surface area contributed by atoms with Crippen LogP contribution in [0, 0.1) is 11.8 Å². The van der Waals surface area contributed by atoms with Crippen molar-refractivity contribution in [3.05, 3.63) is 22.4 Å². The third-order valence-electron chi connectivity index (χ3n) is 4.37. The van der Waals surface area contributed by atoms with Crippen LogP contribution in [0.3, 0.4) is 0 Å². The molecule has 0 bridgehead atoms. The first-order valence-electron chi connectivity index (χ1n) is 8.13. The molecule has 1 saturated carbocycles. The maximum atomic E-state index is 12.2. The first-order chi connectivity index (χ1) is 10.1. The molecular formula is C17H28N2OS. The van der Waals surface area contributed by atoms with Crippen molar-refractivity contribution < 1.29 is 4.79 Å². The quantitative estimate of drug-likeness (QED) is 0.806. The van der Waals surface area contributed by atoms with Crippen LogP contribution >= 0.6 is 11.3 Å². The topological polar surface area (TPSA) is 41.1 Å². The predicted octanol–water partition coefficient (Wildman–Crippen LogP) is 3.73. The number of nitrogens with one attached hydrogen (secondary N) is 2. The Morgan fingerprint density at radius 2 is 2.10 bits per heavy atom. The van der Waals surface area contributed by atoms with Crippen molar-refractivity contribution in [2.75, 3.05) is 7.05 Å². The molecular weight excluding hydrogens is 280 g/mol. The zero-order valence-corrected chi connectivity index (χ0v) is 14.2. The fraction of sp³-hybridized carbons (Fsp3) is 0.706. The molecule has 1 aliphatic carbocycles. The van der Waals surface area contributed by atoms with Gasteiger partial charge in [0.2, 0.25) is 5.91 Å². The van der Waals surface area contributed by atoms with E-state index in [9.17, 15) is 4.79 Å². The van der Waals surface area contributed by atoms with Gasteiger partial charge in [-0.2, -0.15) is 0 Å². The largest absolute Gasteiger partial charge is 0.358 e. The van der Waals surface area contributed by atoms with E-state index in [2.05, 4.69) is 42.0 Å². The summed E-state index contributed by atoms with van der Waals surface area (Å²) in [5, 5.41) is 8.63. The van der Waals surface area contributed by atoms with E-state index in [0.717, 1.165) is 6.42 Å². The molecule has 2 unspecified atom stereocenters. The number of likely N-dealkylation sites (N-methyl/N-ethyl adjacent to an activating group) is 1. The number of hydrogen-bond acceptors (Lipinski definition) is 3. The normalized spacial score (nSPS) is 18.9. The summed E-state index contributed by atoms with van der Waals surface area (Å²) in [6, 6.07) is 4.55. The SMILES string of the molecule is CNC(=O)C(CC(C)C)NC(c1cccs1)C1CCCC1. The minimum absolute atomic E-state index is 0.0947. The summed E-state index contributed by atoms with van der Waals surface area (Å²) >= 11 is 1.80. The van der Waals surface area contributed by atoms with Crippen molar-refractivity contribution in [1.82, 2.24) is 10.6 Å². The van der Waals surface area contributed by atoms with E-state index in [4.69, 9.17) is 0 Å². The molecule has 1 fully saturated rings. The van der Waals surface area contributed by atoms with Crippen LogP contribution in [0.1, 0.15) is 56.9 Å². The molecule has 1 heterocycles. The van der Waals surface area contributed by atoms with Crippen LogP contribution < -0.4 is 10.6 Å². The zero-order chi connectivity index (χ0) is 15.2. The average Bonchev–Trinajstić information content (AvgIpc) is 3.14. The van der Waals surface area contributed by atoms with E-state index < -0.39 is 0 Å². The van der Waals surface area contributed by atoms with E-state index in [0.29, 0.717) is 17.9 Å². The minimum Gasteiger partial charge on any atom is -0.358 e. The van der Waals surface area contributed by atoms with Crippen LogP contribution in [-0.4, -0.2) is 19.0 Å². The molecule has 0 aromatic carbocycles. The molecule has 1 aromatic heterocycles. The third-order valence-corrected chi connectivity index (χ3v) is 5.33. The average molecular weight is 308 g/mol. The smallest absolute Gasteiger partial charge is 0.236 e. The highest BCUT2D eigenvalue weighted by molar-refractivity contribution is 7.10. The Balaban J connectivity index is 2.13. The Bertz CT molecular complexity index is 424. The molecule has 118 valence electrons. The second-order valence-corrected chi connectivity index (χ2v) is 7.48. The van der Waals surface area contributed by atoms with Crippen LogP contribution in [0.5, 0.6) is 0 Å². The summed E-state index contributed by atoms with van der Waals surface area (Å²) in [6.45, 7) is 4.35. The lowest BCUT2D eigenvalue weighted by atomic mass is 9.94. The van der Waals surface area contributed by atoms with Gasteiger partial charge in [-0.05, 0) is 42.5 Å². The van der Waals surface area contributed by atoms with Gasteiger partial charge < -0.3 is 5.32 Å². The molecule has 1 aromatic rings. The fourth-order valence-electron chi connectivity index (χ4n) is 3.32. The highest BCUT2D eigenvalue weighted by Gasteiger charge is 2.31. The van der Waals surface area contributed by atoms with Gasteiger partial charge in [0.05, 0.1) is 6.04 Å². The van der Waals surface area contributed by atoms with Gasteiger partial charge in [0, 0.05) is 18.0 Å². The van der Waals surface area contributed by atoms with Gasteiger partial charge in [0.1, 0.15) is 0 Å². The van der Waals surface area contributed by atoms with E-state index in [1.807, 2.05) is 0 Å². The van der Waals surface area contributed by atoms with Crippen molar-refractivity contribution in [1.29, 1.82) is 0 Å². The van der Waals surface area contributed by atoms with Crippen molar-refractivity contribution >= 4 is 17.2 Å². The Kier molecular flexibility index (Phi) is 6.24. The molecule has 21 heavy (non-hydrogen) atoms. The molecule has 1 amide bonds. The number of hydrogen-bond donors (Lipinski definition) is 2. The van der Waals surface area contributed by atoms with Crippen LogP contribution in [0.4, 0.5) is 0 Å². The Labute approximate surface area is 132 Å². The molecule has 0 radical (unpaired) electrons. The van der Waals surface area contributed by atoms with Gasteiger partial charge >= 0.3 is 0 Å². The maximum absolute atomic E-state index is 12.2. The predicted molar refractivity (Wildman–Crippen MR) is 89.5 cm³/mol. The molecule has 0 saturated heterocycles. The van der Waals surface area contributed by atoms with Crippen molar-refractivity contribution in [3.63, 3.8) is 0 Å². The van der Waals surface area contributed by atoms with Gasteiger partial charge in [-0.1, -0.05) is 32.8 Å². The first-order valence-corrected chi connectivity index (χ1v) is 9.00. The van der Waals surface area contributed by atoms with E-state index in [1.54, 1.807) is 18.4 Å². The third kappa shape index (κ3) is 4.55. The van der Waals surface area contributed by atoms with Gasteiger partial charge in [-0.15, -0.1) is 11.3 Å². The molecule has 3 nitrogen and oxygen atoms in total. The molecule has 2 rings (SSSR count). The summed E-state index contributed by atoms with van der Waals surface area (Å²) in [6.07, 6.45) is 6.08. The van der Waals surface area contributed by atoms with E-state index in [1.165, 1.54) is 30.6 Å². The van der Waals surface area contributed by atoms with Crippen LogP contribution in [0.2, 0.25) is 0 Å². The van der Waals surface area contributed by atoms with Gasteiger partial charge in [0.25, 0.3) is 0 Å². The number of carbonyl (C=O) groups excluding carboxylic acids is 1. The Morgan fingerprint density at radius 3 is 2.62 bits per heavy atom. The summed E-state index contributed by atoms with van der Waals surface area (Å²) in [7, 11) is 1.73. The summed E-state index contributed by atoms with van der Waals surface area (Å²) in [5.74, 6) is 1.29. The molecule has 4 heteroatoms. The van der Waals surface area contributed by atoms with Crippen molar-refractivity contribution in [2.24, 2.45) is 11.8 Å². The highest BCUT2D eigenvalue weighted by Crippen LogP contribution is 2.37. The lowest BCUT2D eigenvalue weighted by Crippen LogP contribution is -2.46. The number of amides is 1. The first kappa shape index (κ1) is 16.5. The lowest BCUT2D eigenvalue weighted by Gasteiger charge is -2.29. The van der Waals surface area contributed by atoms with Crippen molar-refractivity contribution in [3.8, 4) is 0 Å².